The standard InChI is InChI=1S/C13H15BrN2O2/c1-8(2)11(17)7-12-15-13(16-18-12)9-3-5-10(14)6-4-9/h3-6,8,11,17H,7H2,1-2H3. The SMILES string of the molecule is CC(C)C(O)Cc1nc(-c2ccc(Br)cc2)no1. The Kier molecular flexibility index (Phi) is 4.14. The third kappa shape index (κ3) is 3.17. The van der Waals surface area contributed by atoms with Crippen LogP contribution in [0.3, 0.4) is 0 Å². The number of benzene rings is 1. The molecule has 0 bridgehead atoms. The van der Waals surface area contributed by atoms with Crippen molar-refractivity contribution >= 4 is 15.9 Å². The van der Waals surface area contributed by atoms with Crippen LogP contribution in [0, 0.1) is 5.92 Å². The monoisotopic (exact) mass is 310 g/mol. The lowest BCUT2D eigenvalue weighted by Gasteiger charge is -2.10. The Morgan fingerprint density at radius 3 is 2.56 bits per heavy atom. The zero-order chi connectivity index (χ0) is 13.1. The van der Waals surface area contributed by atoms with Crippen LogP contribution in [0.1, 0.15) is 19.7 Å². The molecular weight excluding hydrogens is 296 g/mol. The van der Waals surface area contributed by atoms with E-state index in [2.05, 4.69) is 26.1 Å². The highest BCUT2D eigenvalue weighted by molar-refractivity contribution is 9.10. The van der Waals surface area contributed by atoms with Crippen molar-refractivity contribution in [2.24, 2.45) is 5.92 Å². The summed E-state index contributed by atoms with van der Waals surface area (Å²) in [6.07, 6.45) is -0.0653. The molecule has 1 aromatic heterocycles. The van der Waals surface area contributed by atoms with Crippen molar-refractivity contribution in [2.45, 2.75) is 26.4 Å². The molecule has 0 radical (unpaired) electrons. The summed E-state index contributed by atoms with van der Waals surface area (Å²) < 4.78 is 6.14. The van der Waals surface area contributed by atoms with Gasteiger partial charge in [0.15, 0.2) is 0 Å². The predicted octanol–water partition coefficient (Wildman–Crippen LogP) is 3.06. The van der Waals surface area contributed by atoms with Gasteiger partial charge in [-0.15, -0.1) is 0 Å². The Hall–Kier alpha value is -1.20. The Bertz CT molecular complexity index is 508. The molecule has 1 unspecified atom stereocenters. The fourth-order valence-electron chi connectivity index (χ4n) is 1.47. The first kappa shape index (κ1) is 13.2. The maximum atomic E-state index is 9.76. The fourth-order valence-corrected chi connectivity index (χ4v) is 1.73. The second-order valence-corrected chi connectivity index (χ2v) is 5.45. The zero-order valence-corrected chi connectivity index (χ0v) is 11.9. The summed E-state index contributed by atoms with van der Waals surface area (Å²) in [4.78, 5) is 4.28. The van der Waals surface area contributed by atoms with E-state index < -0.39 is 6.10 Å². The van der Waals surface area contributed by atoms with Gasteiger partial charge in [-0.3, -0.25) is 0 Å². The van der Waals surface area contributed by atoms with Crippen LogP contribution in [0.15, 0.2) is 33.3 Å². The highest BCUT2D eigenvalue weighted by Crippen LogP contribution is 2.19. The Morgan fingerprint density at radius 2 is 1.94 bits per heavy atom. The van der Waals surface area contributed by atoms with Crippen LogP contribution in [0.2, 0.25) is 0 Å². The van der Waals surface area contributed by atoms with Crippen molar-refractivity contribution in [3.05, 3.63) is 34.6 Å². The molecule has 5 heteroatoms. The molecule has 0 amide bonds. The minimum Gasteiger partial charge on any atom is -0.392 e. The molecule has 2 aromatic rings. The molecule has 18 heavy (non-hydrogen) atoms. The second-order valence-electron chi connectivity index (χ2n) is 4.53. The summed E-state index contributed by atoms with van der Waals surface area (Å²) in [6.45, 7) is 3.91. The number of nitrogens with zero attached hydrogens (tertiary/aromatic N) is 2. The van der Waals surface area contributed by atoms with Crippen molar-refractivity contribution < 1.29 is 9.63 Å². The highest BCUT2D eigenvalue weighted by atomic mass is 79.9. The van der Waals surface area contributed by atoms with E-state index >= 15 is 0 Å². The van der Waals surface area contributed by atoms with Gasteiger partial charge in [0.2, 0.25) is 11.7 Å². The molecule has 4 nitrogen and oxygen atoms in total. The number of aliphatic hydroxyl groups is 1. The summed E-state index contributed by atoms with van der Waals surface area (Å²) in [7, 11) is 0. The number of hydrogen-bond acceptors (Lipinski definition) is 4. The maximum absolute atomic E-state index is 9.76. The van der Waals surface area contributed by atoms with Gasteiger partial charge >= 0.3 is 0 Å². The molecule has 1 atom stereocenters. The van der Waals surface area contributed by atoms with Gasteiger partial charge in [-0.2, -0.15) is 4.98 Å². The van der Waals surface area contributed by atoms with Crippen LogP contribution in [-0.2, 0) is 6.42 Å². The van der Waals surface area contributed by atoms with Gasteiger partial charge < -0.3 is 9.63 Å². The molecule has 0 aliphatic carbocycles. The van der Waals surface area contributed by atoms with Crippen molar-refractivity contribution in [2.75, 3.05) is 0 Å². The van der Waals surface area contributed by atoms with Gasteiger partial charge in [-0.1, -0.05) is 34.9 Å². The number of hydrogen-bond donors (Lipinski definition) is 1. The van der Waals surface area contributed by atoms with Crippen LogP contribution < -0.4 is 0 Å². The highest BCUT2D eigenvalue weighted by Gasteiger charge is 2.15. The first-order valence-corrected chi connectivity index (χ1v) is 6.62. The number of aromatic nitrogens is 2. The van der Waals surface area contributed by atoms with Crippen molar-refractivity contribution in [3.63, 3.8) is 0 Å². The first-order chi connectivity index (χ1) is 8.56. The second kappa shape index (κ2) is 5.63. The molecular formula is C13H15BrN2O2. The molecule has 1 N–H and O–H groups in total. The molecule has 2 rings (SSSR count). The lowest BCUT2D eigenvalue weighted by Crippen LogP contribution is -2.17. The van der Waals surface area contributed by atoms with Crippen molar-refractivity contribution in [3.8, 4) is 11.4 Å². The van der Waals surface area contributed by atoms with E-state index in [-0.39, 0.29) is 5.92 Å². The molecule has 0 saturated heterocycles. The summed E-state index contributed by atoms with van der Waals surface area (Å²) in [5.74, 6) is 1.19. The van der Waals surface area contributed by atoms with E-state index in [1.54, 1.807) is 0 Å². The third-order valence-electron chi connectivity index (χ3n) is 2.72. The molecule has 0 aliphatic heterocycles. The van der Waals surface area contributed by atoms with Gasteiger partial charge in [-0.05, 0) is 30.2 Å². The van der Waals surface area contributed by atoms with Crippen LogP contribution in [0.25, 0.3) is 11.4 Å². The van der Waals surface area contributed by atoms with E-state index in [0.29, 0.717) is 18.1 Å². The van der Waals surface area contributed by atoms with Crippen LogP contribution in [0.5, 0.6) is 0 Å². The van der Waals surface area contributed by atoms with E-state index in [4.69, 9.17) is 4.52 Å². The number of aliphatic hydroxyl groups excluding tert-OH is 1. The first-order valence-electron chi connectivity index (χ1n) is 5.83. The molecule has 1 heterocycles. The van der Waals surface area contributed by atoms with Gasteiger partial charge in [0.1, 0.15) is 0 Å². The van der Waals surface area contributed by atoms with E-state index in [1.807, 2.05) is 38.1 Å². The van der Waals surface area contributed by atoms with Crippen LogP contribution in [-0.4, -0.2) is 21.4 Å². The summed E-state index contributed by atoms with van der Waals surface area (Å²) in [5.41, 5.74) is 0.896. The Morgan fingerprint density at radius 1 is 1.28 bits per heavy atom. The minimum absolute atomic E-state index is 0.174. The summed E-state index contributed by atoms with van der Waals surface area (Å²) in [5, 5.41) is 13.7. The van der Waals surface area contributed by atoms with E-state index in [9.17, 15) is 5.11 Å². The smallest absolute Gasteiger partial charge is 0.229 e. The van der Waals surface area contributed by atoms with Gasteiger partial charge in [0.05, 0.1) is 12.5 Å². The maximum Gasteiger partial charge on any atom is 0.229 e. The van der Waals surface area contributed by atoms with Gasteiger partial charge in [0, 0.05) is 10.0 Å². The lowest BCUT2D eigenvalue weighted by atomic mass is 10.0. The average Bonchev–Trinajstić information content (AvgIpc) is 2.78. The summed E-state index contributed by atoms with van der Waals surface area (Å²) in [6, 6.07) is 7.68. The largest absolute Gasteiger partial charge is 0.392 e. The molecule has 0 spiro atoms. The van der Waals surface area contributed by atoms with E-state index in [1.165, 1.54) is 0 Å². The molecule has 0 aliphatic rings. The van der Waals surface area contributed by atoms with Crippen molar-refractivity contribution in [1.82, 2.24) is 10.1 Å². The van der Waals surface area contributed by atoms with Crippen LogP contribution in [0.4, 0.5) is 0 Å². The Balaban J connectivity index is 2.13. The number of rotatable bonds is 4. The Labute approximate surface area is 114 Å². The average molecular weight is 311 g/mol. The quantitative estimate of drug-likeness (QED) is 0.943. The van der Waals surface area contributed by atoms with Gasteiger partial charge in [0.25, 0.3) is 0 Å². The van der Waals surface area contributed by atoms with Gasteiger partial charge in [-0.25, -0.2) is 0 Å². The van der Waals surface area contributed by atoms with Crippen molar-refractivity contribution in [1.29, 1.82) is 0 Å². The lowest BCUT2D eigenvalue weighted by molar-refractivity contribution is 0.116. The third-order valence-corrected chi connectivity index (χ3v) is 3.25. The molecule has 0 saturated carbocycles. The molecule has 96 valence electrons. The summed E-state index contributed by atoms with van der Waals surface area (Å²) >= 11 is 3.37. The fraction of sp³-hybridized carbons (Fsp3) is 0.385. The minimum atomic E-state index is -0.455. The predicted molar refractivity (Wildman–Crippen MR) is 72.0 cm³/mol. The van der Waals surface area contributed by atoms with E-state index in [0.717, 1.165) is 10.0 Å². The van der Waals surface area contributed by atoms with Crippen LogP contribution >= 0.6 is 15.9 Å². The topological polar surface area (TPSA) is 59.2 Å². The zero-order valence-electron chi connectivity index (χ0n) is 10.3. The molecule has 0 fully saturated rings. The molecule has 1 aromatic carbocycles. The number of halogens is 1. The normalized spacial score (nSPS) is 12.9.